The third-order valence-electron chi connectivity index (χ3n) is 2.29. The maximum Gasteiger partial charge on any atom is 0.239 e. The molecule has 0 aromatic carbocycles. The van der Waals surface area contributed by atoms with Crippen LogP contribution in [-0.2, 0) is 6.54 Å². The van der Waals surface area contributed by atoms with Crippen molar-refractivity contribution in [2.45, 2.75) is 39.5 Å². The summed E-state index contributed by atoms with van der Waals surface area (Å²) in [6.07, 6.45) is 1.88. The Hall–Kier alpha value is -1.36. The average Bonchev–Trinajstić information content (AvgIpc) is 2.37. The van der Waals surface area contributed by atoms with Crippen molar-refractivity contribution >= 4 is 5.82 Å². The number of nitrogens with zero attached hydrogens (tertiary/aromatic N) is 2. The summed E-state index contributed by atoms with van der Waals surface area (Å²) < 4.78 is 5.70. The summed E-state index contributed by atoms with van der Waals surface area (Å²) in [4.78, 5) is 8.78. The lowest BCUT2D eigenvalue weighted by molar-refractivity contribution is 0.217. The number of hydrogen-bond acceptors (Lipinski definition) is 5. The minimum absolute atomic E-state index is 0.129. The second-order valence-corrected chi connectivity index (χ2v) is 4.37. The van der Waals surface area contributed by atoms with Gasteiger partial charge in [-0.25, -0.2) is 0 Å². The SMILES string of the molecule is CC(C)Nc1cnc2c(n1)OC(C)CNC2. The lowest BCUT2D eigenvalue weighted by Crippen LogP contribution is -2.25. The molecule has 1 aromatic heterocycles. The Morgan fingerprint density at radius 3 is 3.12 bits per heavy atom. The van der Waals surface area contributed by atoms with Crippen molar-refractivity contribution < 1.29 is 4.74 Å². The fourth-order valence-electron chi connectivity index (χ4n) is 1.60. The molecule has 2 heterocycles. The lowest BCUT2D eigenvalue weighted by Gasteiger charge is -2.13. The molecule has 1 unspecified atom stereocenters. The Bertz CT molecular complexity index is 367. The van der Waals surface area contributed by atoms with E-state index in [9.17, 15) is 0 Å². The Balaban J connectivity index is 2.22. The molecule has 1 atom stereocenters. The largest absolute Gasteiger partial charge is 0.472 e. The van der Waals surface area contributed by atoms with E-state index in [1.165, 1.54) is 0 Å². The van der Waals surface area contributed by atoms with Gasteiger partial charge in [-0.15, -0.1) is 0 Å². The number of fused-ring (bicyclic) bond motifs is 1. The van der Waals surface area contributed by atoms with Gasteiger partial charge in [0.15, 0.2) is 0 Å². The Kier molecular flexibility index (Phi) is 3.24. The van der Waals surface area contributed by atoms with Gasteiger partial charge in [-0.3, -0.25) is 4.98 Å². The molecule has 0 radical (unpaired) electrons. The van der Waals surface area contributed by atoms with Gasteiger partial charge < -0.3 is 15.4 Å². The average molecular weight is 222 g/mol. The van der Waals surface area contributed by atoms with Crippen LogP contribution < -0.4 is 15.4 Å². The maximum absolute atomic E-state index is 5.70. The smallest absolute Gasteiger partial charge is 0.239 e. The monoisotopic (exact) mass is 222 g/mol. The molecule has 0 aliphatic carbocycles. The van der Waals surface area contributed by atoms with Gasteiger partial charge in [0.25, 0.3) is 0 Å². The molecule has 2 rings (SSSR count). The van der Waals surface area contributed by atoms with Crippen molar-refractivity contribution in [1.29, 1.82) is 0 Å². The second-order valence-electron chi connectivity index (χ2n) is 4.37. The minimum Gasteiger partial charge on any atom is -0.472 e. The molecule has 2 N–H and O–H groups in total. The fourth-order valence-corrected chi connectivity index (χ4v) is 1.60. The lowest BCUT2D eigenvalue weighted by atomic mass is 10.4. The quantitative estimate of drug-likeness (QED) is 0.786. The van der Waals surface area contributed by atoms with Gasteiger partial charge in [0.2, 0.25) is 5.88 Å². The van der Waals surface area contributed by atoms with E-state index < -0.39 is 0 Å². The highest BCUT2D eigenvalue weighted by molar-refractivity contribution is 5.37. The van der Waals surface area contributed by atoms with Crippen molar-refractivity contribution in [2.75, 3.05) is 11.9 Å². The summed E-state index contributed by atoms with van der Waals surface area (Å²) in [6, 6.07) is 0.341. The molecule has 0 saturated carbocycles. The molecule has 0 fully saturated rings. The second kappa shape index (κ2) is 4.65. The van der Waals surface area contributed by atoms with Gasteiger partial charge in [0.1, 0.15) is 17.6 Å². The molecule has 5 nitrogen and oxygen atoms in total. The van der Waals surface area contributed by atoms with Crippen molar-refractivity contribution in [3.63, 3.8) is 0 Å². The van der Waals surface area contributed by atoms with Gasteiger partial charge in [0, 0.05) is 19.1 Å². The van der Waals surface area contributed by atoms with Crippen molar-refractivity contribution in [1.82, 2.24) is 15.3 Å². The van der Waals surface area contributed by atoms with Crippen molar-refractivity contribution in [3.8, 4) is 5.88 Å². The van der Waals surface area contributed by atoms with Crippen LogP contribution in [0.15, 0.2) is 6.20 Å². The molecule has 0 saturated heterocycles. The summed E-state index contributed by atoms with van der Waals surface area (Å²) in [7, 11) is 0. The first-order valence-electron chi connectivity index (χ1n) is 5.65. The van der Waals surface area contributed by atoms with E-state index in [0.717, 1.165) is 18.1 Å². The number of nitrogens with one attached hydrogen (secondary N) is 2. The topological polar surface area (TPSA) is 59.1 Å². The van der Waals surface area contributed by atoms with E-state index in [4.69, 9.17) is 4.74 Å². The van der Waals surface area contributed by atoms with Crippen LogP contribution in [0.3, 0.4) is 0 Å². The molecule has 0 spiro atoms. The van der Waals surface area contributed by atoms with E-state index in [0.29, 0.717) is 18.5 Å². The maximum atomic E-state index is 5.70. The molecule has 1 aliphatic rings. The van der Waals surface area contributed by atoms with E-state index >= 15 is 0 Å². The van der Waals surface area contributed by atoms with E-state index in [1.54, 1.807) is 6.20 Å². The van der Waals surface area contributed by atoms with Crippen LogP contribution in [0.25, 0.3) is 0 Å². The van der Waals surface area contributed by atoms with Crippen LogP contribution in [0, 0.1) is 0 Å². The first-order chi connectivity index (χ1) is 7.65. The molecule has 1 aromatic rings. The first-order valence-corrected chi connectivity index (χ1v) is 5.65. The number of ether oxygens (including phenoxy) is 1. The van der Waals surface area contributed by atoms with Crippen LogP contribution in [0.1, 0.15) is 26.5 Å². The zero-order chi connectivity index (χ0) is 11.5. The normalized spacial score (nSPS) is 19.9. The summed E-state index contributed by atoms with van der Waals surface area (Å²) in [6.45, 7) is 7.70. The van der Waals surface area contributed by atoms with Crippen LogP contribution in [0.4, 0.5) is 5.82 Å². The molecule has 0 bridgehead atoms. The number of anilines is 1. The van der Waals surface area contributed by atoms with Crippen molar-refractivity contribution in [2.24, 2.45) is 0 Å². The number of hydrogen-bond donors (Lipinski definition) is 2. The summed E-state index contributed by atoms with van der Waals surface area (Å²) in [5.74, 6) is 1.41. The fraction of sp³-hybridized carbons (Fsp3) is 0.636. The highest BCUT2D eigenvalue weighted by Crippen LogP contribution is 2.19. The number of rotatable bonds is 2. The predicted octanol–water partition coefficient (Wildman–Crippen LogP) is 1.17. The van der Waals surface area contributed by atoms with E-state index in [1.807, 2.05) is 6.92 Å². The molecule has 0 amide bonds. The first kappa shape index (κ1) is 11.1. The molecular formula is C11H18N4O. The molecule has 16 heavy (non-hydrogen) atoms. The Morgan fingerprint density at radius 1 is 1.56 bits per heavy atom. The van der Waals surface area contributed by atoms with Crippen LogP contribution in [0.2, 0.25) is 0 Å². The third kappa shape index (κ3) is 2.61. The summed E-state index contributed by atoms with van der Waals surface area (Å²) in [5.41, 5.74) is 0.874. The molecule has 88 valence electrons. The van der Waals surface area contributed by atoms with Crippen LogP contribution >= 0.6 is 0 Å². The van der Waals surface area contributed by atoms with Crippen molar-refractivity contribution in [3.05, 3.63) is 11.9 Å². The summed E-state index contributed by atoms with van der Waals surface area (Å²) in [5, 5.41) is 6.48. The van der Waals surface area contributed by atoms with Gasteiger partial charge in [0.05, 0.1) is 6.20 Å². The van der Waals surface area contributed by atoms with E-state index in [2.05, 4.69) is 34.4 Å². The van der Waals surface area contributed by atoms with Gasteiger partial charge >= 0.3 is 0 Å². The summed E-state index contributed by atoms with van der Waals surface area (Å²) >= 11 is 0. The van der Waals surface area contributed by atoms with Gasteiger partial charge in [-0.05, 0) is 20.8 Å². The van der Waals surface area contributed by atoms with Crippen LogP contribution in [-0.4, -0.2) is 28.7 Å². The highest BCUT2D eigenvalue weighted by atomic mass is 16.5. The zero-order valence-electron chi connectivity index (χ0n) is 9.95. The zero-order valence-corrected chi connectivity index (χ0v) is 9.95. The van der Waals surface area contributed by atoms with Gasteiger partial charge in [-0.2, -0.15) is 4.98 Å². The Morgan fingerprint density at radius 2 is 2.38 bits per heavy atom. The van der Waals surface area contributed by atoms with Crippen LogP contribution in [0.5, 0.6) is 5.88 Å². The molecule has 5 heteroatoms. The Labute approximate surface area is 95.6 Å². The number of aromatic nitrogens is 2. The highest BCUT2D eigenvalue weighted by Gasteiger charge is 2.16. The molecular weight excluding hydrogens is 204 g/mol. The predicted molar refractivity (Wildman–Crippen MR) is 62.6 cm³/mol. The third-order valence-corrected chi connectivity index (χ3v) is 2.29. The van der Waals surface area contributed by atoms with Gasteiger partial charge in [-0.1, -0.05) is 0 Å². The molecule has 1 aliphatic heterocycles. The minimum atomic E-state index is 0.129. The standard InChI is InChI=1S/C11H18N4O/c1-7(2)14-10-6-13-9-5-12-4-8(3)16-11(9)15-10/h6-8,12H,4-5H2,1-3H3,(H,14,15). The van der Waals surface area contributed by atoms with E-state index in [-0.39, 0.29) is 6.10 Å².